The monoisotopic (exact) mass is 501 g/mol. The van der Waals surface area contributed by atoms with Gasteiger partial charge in [0.25, 0.3) is 5.91 Å². The molecule has 0 radical (unpaired) electrons. The van der Waals surface area contributed by atoms with Gasteiger partial charge in [-0.25, -0.2) is 0 Å². The fraction of sp³-hybridized carbons (Fsp3) is 0.385. The molecule has 0 aliphatic carbocycles. The van der Waals surface area contributed by atoms with Crippen LogP contribution in [0.25, 0.3) is 6.08 Å². The number of methoxy groups -OCH3 is 5. The molecule has 0 aromatic heterocycles. The van der Waals surface area contributed by atoms with Gasteiger partial charge in [-0.2, -0.15) is 0 Å². The molecule has 0 spiro atoms. The van der Waals surface area contributed by atoms with Gasteiger partial charge in [0.05, 0.1) is 40.1 Å². The first-order chi connectivity index (χ1) is 17.4. The van der Waals surface area contributed by atoms with Crippen molar-refractivity contribution in [3.8, 4) is 28.7 Å². The first-order valence-electron chi connectivity index (χ1n) is 11.2. The maximum absolute atomic E-state index is 12.9. The number of hydrogen-bond donors (Lipinski definition) is 0. The van der Waals surface area contributed by atoms with E-state index in [9.17, 15) is 9.59 Å². The highest BCUT2D eigenvalue weighted by Gasteiger charge is 2.28. The lowest BCUT2D eigenvalue weighted by molar-refractivity contribution is -0.134. The number of nitrogens with zero attached hydrogens (tertiary/aromatic N) is 1. The Bertz CT molecular complexity index is 1080. The highest BCUT2D eigenvalue weighted by Crippen LogP contribution is 2.40. The van der Waals surface area contributed by atoms with Gasteiger partial charge < -0.3 is 38.1 Å². The van der Waals surface area contributed by atoms with E-state index >= 15 is 0 Å². The van der Waals surface area contributed by atoms with Crippen LogP contribution in [-0.2, 0) is 14.3 Å². The van der Waals surface area contributed by atoms with Crippen molar-refractivity contribution < 1.29 is 42.7 Å². The molecule has 0 saturated carbocycles. The summed E-state index contributed by atoms with van der Waals surface area (Å²) in [5, 5.41) is 0. The zero-order valence-electron chi connectivity index (χ0n) is 21.1. The lowest BCUT2D eigenvalue weighted by atomic mass is 10.1. The number of amides is 1. The van der Waals surface area contributed by atoms with Crippen molar-refractivity contribution in [1.29, 1.82) is 0 Å². The molecule has 194 valence electrons. The number of hydrogen-bond acceptors (Lipinski definition) is 9. The van der Waals surface area contributed by atoms with Gasteiger partial charge in [-0.1, -0.05) is 0 Å². The van der Waals surface area contributed by atoms with E-state index in [-0.39, 0.29) is 24.1 Å². The summed E-state index contributed by atoms with van der Waals surface area (Å²) in [5.41, 5.74) is 1.03. The molecule has 0 fully saturated rings. The molecule has 10 nitrogen and oxygen atoms in total. The standard InChI is InChI=1S/C26H31NO9/c1-30-10-8-27(9-11-31-2)24(28)16-35-18-6-7-19-20(15-18)36-21(25(19)29)12-17-13-22(32-3)26(34-5)23(14-17)33-4/h6-7,12-15H,8-11,16H2,1-5H3. The van der Waals surface area contributed by atoms with Gasteiger partial charge >= 0.3 is 0 Å². The third-order valence-electron chi connectivity index (χ3n) is 5.47. The van der Waals surface area contributed by atoms with Crippen LogP contribution < -0.4 is 23.7 Å². The first kappa shape index (κ1) is 26.8. The number of Topliss-reactive ketones (excluding diaryl/α,β-unsaturated/α-hetero) is 1. The molecule has 3 rings (SSSR count). The Morgan fingerprint density at radius 3 is 2.11 bits per heavy atom. The van der Waals surface area contributed by atoms with Crippen LogP contribution in [0.15, 0.2) is 36.1 Å². The maximum atomic E-state index is 12.9. The van der Waals surface area contributed by atoms with Crippen LogP contribution in [0.4, 0.5) is 0 Å². The van der Waals surface area contributed by atoms with E-state index in [0.717, 1.165) is 0 Å². The quantitative estimate of drug-likeness (QED) is 0.384. The fourth-order valence-electron chi connectivity index (χ4n) is 3.59. The minimum Gasteiger partial charge on any atom is -0.493 e. The zero-order chi connectivity index (χ0) is 26.1. The fourth-order valence-corrected chi connectivity index (χ4v) is 3.59. The average molecular weight is 502 g/mol. The Labute approximate surface area is 210 Å². The van der Waals surface area contributed by atoms with Crippen molar-refractivity contribution >= 4 is 17.8 Å². The van der Waals surface area contributed by atoms with Gasteiger partial charge in [0.1, 0.15) is 11.5 Å². The molecule has 1 aliphatic heterocycles. The van der Waals surface area contributed by atoms with Crippen LogP contribution >= 0.6 is 0 Å². The maximum Gasteiger partial charge on any atom is 0.260 e. The molecular weight excluding hydrogens is 470 g/mol. The second-order valence-electron chi connectivity index (χ2n) is 7.71. The number of benzene rings is 2. The molecule has 2 aromatic rings. The molecule has 0 N–H and O–H groups in total. The van der Waals surface area contributed by atoms with E-state index in [1.807, 2.05) is 0 Å². The number of carbonyl (C=O) groups is 2. The molecule has 1 aliphatic rings. The van der Waals surface area contributed by atoms with Gasteiger partial charge in [0, 0.05) is 33.4 Å². The molecule has 2 aromatic carbocycles. The van der Waals surface area contributed by atoms with E-state index in [1.54, 1.807) is 55.5 Å². The number of rotatable bonds is 13. The molecule has 0 atom stereocenters. The van der Waals surface area contributed by atoms with Crippen LogP contribution in [0.5, 0.6) is 28.7 Å². The Kier molecular flexibility index (Phi) is 9.54. The van der Waals surface area contributed by atoms with Crippen LogP contribution in [0.3, 0.4) is 0 Å². The van der Waals surface area contributed by atoms with E-state index < -0.39 is 0 Å². The minimum atomic E-state index is -0.272. The van der Waals surface area contributed by atoms with Gasteiger partial charge in [-0.05, 0) is 35.9 Å². The van der Waals surface area contributed by atoms with Crippen molar-refractivity contribution in [3.05, 3.63) is 47.2 Å². The summed E-state index contributed by atoms with van der Waals surface area (Å²) in [4.78, 5) is 27.1. The molecule has 36 heavy (non-hydrogen) atoms. The molecule has 0 saturated heterocycles. The predicted octanol–water partition coefficient (Wildman–Crippen LogP) is 2.83. The highest BCUT2D eigenvalue weighted by atomic mass is 16.5. The van der Waals surface area contributed by atoms with Gasteiger partial charge in [-0.3, -0.25) is 9.59 Å². The summed E-state index contributed by atoms with van der Waals surface area (Å²) in [6.45, 7) is 1.50. The van der Waals surface area contributed by atoms with Crippen molar-refractivity contribution in [2.24, 2.45) is 0 Å². The molecule has 10 heteroatoms. The largest absolute Gasteiger partial charge is 0.493 e. The van der Waals surface area contributed by atoms with E-state index in [0.29, 0.717) is 66.2 Å². The molecule has 1 amide bonds. The van der Waals surface area contributed by atoms with Crippen LogP contribution in [0.1, 0.15) is 15.9 Å². The van der Waals surface area contributed by atoms with Crippen molar-refractivity contribution in [3.63, 3.8) is 0 Å². The van der Waals surface area contributed by atoms with Crippen molar-refractivity contribution in [1.82, 2.24) is 4.90 Å². The number of ketones is 1. The SMILES string of the molecule is COCCN(CCOC)C(=O)COc1ccc2c(c1)OC(=Cc1cc(OC)c(OC)c(OC)c1)C2=O. The Hall–Kier alpha value is -3.76. The average Bonchev–Trinajstić information content (AvgIpc) is 3.20. The number of carbonyl (C=O) groups excluding carboxylic acids is 2. The molecule has 0 unspecified atom stereocenters. The topological polar surface area (TPSA) is 102 Å². The number of fused-ring (bicyclic) bond motifs is 1. The lowest BCUT2D eigenvalue weighted by Crippen LogP contribution is -2.39. The Morgan fingerprint density at radius 2 is 1.56 bits per heavy atom. The smallest absolute Gasteiger partial charge is 0.260 e. The lowest BCUT2D eigenvalue weighted by Gasteiger charge is -2.22. The zero-order valence-corrected chi connectivity index (χ0v) is 21.1. The third kappa shape index (κ3) is 6.27. The third-order valence-corrected chi connectivity index (χ3v) is 5.47. The number of allylic oxidation sites excluding steroid dienone is 1. The second-order valence-corrected chi connectivity index (χ2v) is 7.71. The first-order valence-corrected chi connectivity index (χ1v) is 11.2. The minimum absolute atomic E-state index is 0.137. The summed E-state index contributed by atoms with van der Waals surface area (Å²) in [7, 11) is 7.70. The van der Waals surface area contributed by atoms with Crippen LogP contribution in [0.2, 0.25) is 0 Å². The van der Waals surface area contributed by atoms with Gasteiger partial charge in [-0.15, -0.1) is 0 Å². The normalized spacial score (nSPS) is 13.2. The molecule has 0 bridgehead atoms. The summed E-state index contributed by atoms with van der Waals surface area (Å²) >= 11 is 0. The Morgan fingerprint density at radius 1 is 0.917 bits per heavy atom. The highest BCUT2D eigenvalue weighted by molar-refractivity contribution is 6.14. The molecule has 1 heterocycles. The molecular formula is C26H31NO9. The predicted molar refractivity (Wildman–Crippen MR) is 131 cm³/mol. The summed E-state index contributed by atoms with van der Waals surface area (Å²) in [6, 6.07) is 8.26. The summed E-state index contributed by atoms with van der Waals surface area (Å²) in [6.07, 6.45) is 1.60. The Balaban J connectivity index is 1.73. The van der Waals surface area contributed by atoms with Gasteiger partial charge in [0.15, 0.2) is 23.9 Å². The van der Waals surface area contributed by atoms with Crippen molar-refractivity contribution in [2.75, 3.05) is 68.5 Å². The van der Waals surface area contributed by atoms with Crippen molar-refractivity contribution in [2.45, 2.75) is 0 Å². The van der Waals surface area contributed by atoms with E-state index in [4.69, 9.17) is 33.2 Å². The van der Waals surface area contributed by atoms with Crippen LogP contribution in [0, 0.1) is 0 Å². The van der Waals surface area contributed by atoms with E-state index in [1.165, 1.54) is 21.3 Å². The second kappa shape index (κ2) is 12.8. The van der Waals surface area contributed by atoms with Crippen LogP contribution in [-0.4, -0.2) is 85.0 Å². The summed E-state index contributed by atoms with van der Waals surface area (Å²) < 4.78 is 37.7. The van der Waals surface area contributed by atoms with Gasteiger partial charge in [0.2, 0.25) is 11.5 Å². The number of ether oxygens (including phenoxy) is 7. The van der Waals surface area contributed by atoms with E-state index in [2.05, 4.69) is 0 Å². The summed E-state index contributed by atoms with van der Waals surface area (Å²) in [5.74, 6) is 1.77.